The van der Waals surface area contributed by atoms with Gasteiger partial charge < -0.3 is 5.11 Å². The summed E-state index contributed by atoms with van der Waals surface area (Å²) in [5.74, 6) is -0.428. The normalized spacial score (nSPS) is 11.1. The third kappa shape index (κ3) is 4.13. The first kappa shape index (κ1) is 9.21. The molecule has 0 aliphatic heterocycles. The summed E-state index contributed by atoms with van der Waals surface area (Å²) >= 11 is 0. The summed E-state index contributed by atoms with van der Waals surface area (Å²) in [6.45, 7) is 4.11. The summed E-state index contributed by atoms with van der Waals surface area (Å²) in [5.41, 5.74) is 0. The minimum atomic E-state index is -0.855. The van der Waals surface area contributed by atoms with Crippen molar-refractivity contribution in [3.8, 4) is 0 Å². The maximum atomic E-state index is 10.0. The van der Waals surface area contributed by atoms with E-state index in [9.17, 15) is 4.79 Å². The lowest BCUT2D eigenvalue weighted by atomic mass is 10.0. The first-order valence-corrected chi connectivity index (χ1v) is 3.61. The molecule has 1 N–H and O–H groups in total. The standard InChI is InChI=1S/C8H14O2/c1-3-7(4-2)5-6-8(9)10/h5-7H,3-4H2,1-2H3,(H,9,10)/b6-5-. The van der Waals surface area contributed by atoms with E-state index in [2.05, 4.69) is 13.8 Å². The first-order valence-electron chi connectivity index (χ1n) is 3.61. The Morgan fingerprint density at radius 2 is 2.00 bits per heavy atom. The smallest absolute Gasteiger partial charge is 0.327 e. The molecule has 0 amide bonds. The molecule has 0 fully saturated rings. The van der Waals surface area contributed by atoms with Crippen molar-refractivity contribution >= 4 is 5.97 Å². The summed E-state index contributed by atoms with van der Waals surface area (Å²) in [6, 6.07) is 0. The van der Waals surface area contributed by atoms with Crippen LogP contribution in [0.25, 0.3) is 0 Å². The van der Waals surface area contributed by atoms with Gasteiger partial charge in [0.2, 0.25) is 0 Å². The minimum absolute atomic E-state index is 0.427. The molecule has 0 atom stereocenters. The molecule has 0 aromatic heterocycles. The largest absolute Gasteiger partial charge is 0.478 e. The van der Waals surface area contributed by atoms with Crippen LogP contribution in [0.1, 0.15) is 26.7 Å². The predicted molar refractivity (Wildman–Crippen MR) is 40.8 cm³/mol. The van der Waals surface area contributed by atoms with Crippen LogP contribution < -0.4 is 0 Å². The van der Waals surface area contributed by atoms with Gasteiger partial charge in [-0.2, -0.15) is 0 Å². The number of carboxylic acid groups (broad SMARTS) is 1. The maximum absolute atomic E-state index is 10.0. The molecule has 10 heavy (non-hydrogen) atoms. The third-order valence-electron chi connectivity index (χ3n) is 1.56. The van der Waals surface area contributed by atoms with E-state index in [0.717, 1.165) is 12.8 Å². The average molecular weight is 142 g/mol. The molecular formula is C8H14O2. The van der Waals surface area contributed by atoms with Crippen molar-refractivity contribution in [2.75, 3.05) is 0 Å². The lowest BCUT2D eigenvalue weighted by Crippen LogP contribution is -1.93. The van der Waals surface area contributed by atoms with Crippen molar-refractivity contribution in [1.29, 1.82) is 0 Å². The van der Waals surface area contributed by atoms with Gasteiger partial charge in [0.15, 0.2) is 0 Å². The van der Waals surface area contributed by atoms with E-state index in [1.54, 1.807) is 6.08 Å². The number of carboxylic acids is 1. The Hall–Kier alpha value is -0.790. The molecular weight excluding hydrogens is 128 g/mol. The monoisotopic (exact) mass is 142 g/mol. The van der Waals surface area contributed by atoms with Crippen molar-refractivity contribution in [2.45, 2.75) is 26.7 Å². The summed E-state index contributed by atoms with van der Waals surface area (Å²) in [5, 5.41) is 8.27. The van der Waals surface area contributed by atoms with Gasteiger partial charge >= 0.3 is 5.97 Å². The fourth-order valence-electron chi connectivity index (χ4n) is 0.779. The van der Waals surface area contributed by atoms with E-state index in [-0.39, 0.29) is 0 Å². The number of hydrogen-bond acceptors (Lipinski definition) is 1. The second-order valence-corrected chi connectivity index (χ2v) is 2.27. The Labute approximate surface area is 61.6 Å². The van der Waals surface area contributed by atoms with E-state index < -0.39 is 5.97 Å². The molecule has 0 heterocycles. The summed E-state index contributed by atoms with van der Waals surface area (Å²) in [7, 11) is 0. The van der Waals surface area contributed by atoms with Crippen LogP contribution in [0.3, 0.4) is 0 Å². The number of aliphatic carboxylic acids is 1. The van der Waals surface area contributed by atoms with E-state index >= 15 is 0 Å². The van der Waals surface area contributed by atoms with E-state index in [0.29, 0.717) is 5.92 Å². The fraction of sp³-hybridized carbons (Fsp3) is 0.625. The molecule has 0 aliphatic carbocycles. The van der Waals surface area contributed by atoms with Crippen molar-refractivity contribution in [2.24, 2.45) is 5.92 Å². The highest BCUT2D eigenvalue weighted by atomic mass is 16.4. The molecule has 0 aromatic rings. The quantitative estimate of drug-likeness (QED) is 0.610. The van der Waals surface area contributed by atoms with Gasteiger partial charge in [-0.3, -0.25) is 0 Å². The molecule has 0 rings (SSSR count). The van der Waals surface area contributed by atoms with E-state index in [1.807, 2.05) is 0 Å². The van der Waals surface area contributed by atoms with Gasteiger partial charge in [0, 0.05) is 6.08 Å². The second-order valence-electron chi connectivity index (χ2n) is 2.27. The number of rotatable bonds is 4. The van der Waals surface area contributed by atoms with Gasteiger partial charge in [-0.1, -0.05) is 19.9 Å². The molecule has 0 aromatic carbocycles. The van der Waals surface area contributed by atoms with Gasteiger partial charge in [-0.25, -0.2) is 4.79 Å². The van der Waals surface area contributed by atoms with Gasteiger partial charge in [0.25, 0.3) is 0 Å². The Morgan fingerprint density at radius 3 is 2.30 bits per heavy atom. The van der Waals surface area contributed by atoms with E-state index in [1.165, 1.54) is 6.08 Å². The number of allylic oxidation sites excluding steroid dienone is 1. The molecule has 0 aliphatic rings. The average Bonchev–Trinajstić information content (AvgIpc) is 1.90. The summed E-state index contributed by atoms with van der Waals surface area (Å²) < 4.78 is 0. The molecule has 0 saturated heterocycles. The predicted octanol–water partition coefficient (Wildman–Crippen LogP) is 2.06. The highest BCUT2D eigenvalue weighted by Gasteiger charge is 1.97. The zero-order valence-corrected chi connectivity index (χ0v) is 6.50. The van der Waals surface area contributed by atoms with Gasteiger partial charge in [-0.05, 0) is 18.8 Å². The number of carbonyl (C=O) groups is 1. The van der Waals surface area contributed by atoms with Crippen molar-refractivity contribution < 1.29 is 9.90 Å². The third-order valence-corrected chi connectivity index (χ3v) is 1.56. The molecule has 2 nitrogen and oxygen atoms in total. The second kappa shape index (κ2) is 5.03. The van der Waals surface area contributed by atoms with E-state index in [4.69, 9.17) is 5.11 Å². The SMILES string of the molecule is CCC(/C=C\C(=O)O)CC. The van der Waals surface area contributed by atoms with Gasteiger partial charge in [0.05, 0.1) is 0 Å². The summed E-state index contributed by atoms with van der Waals surface area (Å²) in [6.07, 6.45) is 5.00. The summed E-state index contributed by atoms with van der Waals surface area (Å²) in [4.78, 5) is 10.0. The van der Waals surface area contributed by atoms with Gasteiger partial charge in [-0.15, -0.1) is 0 Å². The molecule has 58 valence electrons. The molecule has 0 unspecified atom stereocenters. The van der Waals surface area contributed by atoms with Crippen LogP contribution in [0.2, 0.25) is 0 Å². The first-order chi connectivity index (χ1) is 4.70. The maximum Gasteiger partial charge on any atom is 0.327 e. The lowest BCUT2D eigenvalue weighted by Gasteiger charge is -2.02. The van der Waals surface area contributed by atoms with Crippen molar-refractivity contribution in [3.63, 3.8) is 0 Å². The van der Waals surface area contributed by atoms with Crippen LogP contribution in [0.15, 0.2) is 12.2 Å². The Bertz CT molecular complexity index is 123. The molecule has 0 radical (unpaired) electrons. The zero-order valence-electron chi connectivity index (χ0n) is 6.50. The highest BCUT2D eigenvalue weighted by molar-refractivity contribution is 5.79. The van der Waals surface area contributed by atoms with Crippen LogP contribution >= 0.6 is 0 Å². The Kier molecular flexibility index (Phi) is 4.63. The van der Waals surface area contributed by atoms with Crippen LogP contribution in [-0.4, -0.2) is 11.1 Å². The molecule has 0 saturated carbocycles. The number of hydrogen-bond donors (Lipinski definition) is 1. The molecule has 0 bridgehead atoms. The Morgan fingerprint density at radius 1 is 1.50 bits per heavy atom. The minimum Gasteiger partial charge on any atom is -0.478 e. The zero-order chi connectivity index (χ0) is 7.98. The van der Waals surface area contributed by atoms with Crippen molar-refractivity contribution in [1.82, 2.24) is 0 Å². The highest BCUT2D eigenvalue weighted by Crippen LogP contribution is 2.07. The molecule has 0 spiro atoms. The van der Waals surface area contributed by atoms with Crippen LogP contribution in [-0.2, 0) is 4.79 Å². The van der Waals surface area contributed by atoms with Crippen LogP contribution in [0.5, 0.6) is 0 Å². The molecule has 2 heteroatoms. The van der Waals surface area contributed by atoms with Crippen molar-refractivity contribution in [3.05, 3.63) is 12.2 Å². The van der Waals surface area contributed by atoms with Crippen LogP contribution in [0.4, 0.5) is 0 Å². The fourth-order valence-corrected chi connectivity index (χ4v) is 0.779. The topological polar surface area (TPSA) is 37.3 Å². The van der Waals surface area contributed by atoms with Crippen LogP contribution in [0, 0.1) is 5.92 Å². The van der Waals surface area contributed by atoms with Gasteiger partial charge in [0.1, 0.15) is 0 Å². The Balaban J connectivity index is 3.72. The lowest BCUT2D eigenvalue weighted by molar-refractivity contribution is -0.131.